The summed E-state index contributed by atoms with van der Waals surface area (Å²) in [7, 11) is 0. The highest BCUT2D eigenvalue weighted by atomic mass is 16.5. The van der Waals surface area contributed by atoms with Crippen molar-refractivity contribution in [3.05, 3.63) is 88.5 Å². The fourth-order valence-corrected chi connectivity index (χ4v) is 3.29. The van der Waals surface area contributed by atoms with Gasteiger partial charge in [0.1, 0.15) is 6.61 Å². The molecule has 0 saturated carbocycles. The van der Waals surface area contributed by atoms with E-state index < -0.39 is 11.8 Å². The Labute approximate surface area is 199 Å². The molecule has 0 aliphatic carbocycles. The SMILES string of the molecule is CCOc1cc(C=NNC(=O)C(=O)Nc2cc(C)cc(C)c2)ccc1OCc1ccc(C)cc1. The van der Waals surface area contributed by atoms with E-state index in [-0.39, 0.29) is 0 Å². The quantitative estimate of drug-likeness (QED) is 0.291. The van der Waals surface area contributed by atoms with Gasteiger partial charge < -0.3 is 14.8 Å². The van der Waals surface area contributed by atoms with Crippen LogP contribution in [0.2, 0.25) is 0 Å². The summed E-state index contributed by atoms with van der Waals surface area (Å²) in [5.74, 6) is -0.482. The Balaban J connectivity index is 1.59. The molecule has 3 aromatic carbocycles. The maximum absolute atomic E-state index is 12.1. The average Bonchev–Trinajstić information content (AvgIpc) is 2.79. The molecule has 2 N–H and O–H groups in total. The van der Waals surface area contributed by atoms with Gasteiger partial charge in [-0.25, -0.2) is 5.43 Å². The summed E-state index contributed by atoms with van der Waals surface area (Å²) >= 11 is 0. The Hall–Kier alpha value is -4.13. The minimum Gasteiger partial charge on any atom is -0.490 e. The molecule has 3 rings (SSSR count). The summed E-state index contributed by atoms with van der Waals surface area (Å²) in [4.78, 5) is 24.2. The number of aryl methyl sites for hydroxylation is 3. The predicted molar refractivity (Wildman–Crippen MR) is 133 cm³/mol. The maximum Gasteiger partial charge on any atom is 0.329 e. The lowest BCUT2D eigenvalue weighted by atomic mass is 10.1. The Kier molecular flexibility index (Phi) is 8.40. The van der Waals surface area contributed by atoms with E-state index >= 15 is 0 Å². The molecule has 0 spiro atoms. The van der Waals surface area contributed by atoms with Crippen LogP contribution in [0.3, 0.4) is 0 Å². The van der Waals surface area contributed by atoms with Crippen molar-refractivity contribution in [2.24, 2.45) is 5.10 Å². The first-order valence-electron chi connectivity index (χ1n) is 11.0. The van der Waals surface area contributed by atoms with Gasteiger partial charge in [0.05, 0.1) is 12.8 Å². The molecule has 34 heavy (non-hydrogen) atoms. The number of hydrazone groups is 1. The number of benzene rings is 3. The molecular formula is C27H29N3O4. The molecular weight excluding hydrogens is 430 g/mol. The zero-order valence-electron chi connectivity index (χ0n) is 19.8. The molecule has 0 bridgehead atoms. The molecule has 7 nitrogen and oxygen atoms in total. The predicted octanol–water partition coefficient (Wildman–Crippen LogP) is 4.68. The van der Waals surface area contributed by atoms with Crippen LogP contribution in [0.15, 0.2) is 65.8 Å². The molecule has 2 amide bonds. The van der Waals surface area contributed by atoms with Crippen LogP contribution in [0.5, 0.6) is 11.5 Å². The molecule has 7 heteroatoms. The summed E-state index contributed by atoms with van der Waals surface area (Å²) < 4.78 is 11.6. The molecule has 0 saturated heterocycles. The highest BCUT2D eigenvalue weighted by Crippen LogP contribution is 2.29. The van der Waals surface area contributed by atoms with Crippen LogP contribution >= 0.6 is 0 Å². The van der Waals surface area contributed by atoms with E-state index in [1.807, 2.05) is 58.0 Å². The van der Waals surface area contributed by atoms with Gasteiger partial charge in [-0.2, -0.15) is 5.10 Å². The summed E-state index contributed by atoms with van der Waals surface area (Å²) in [5.41, 5.74) is 7.71. The van der Waals surface area contributed by atoms with E-state index in [0.717, 1.165) is 16.7 Å². The number of nitrogens with zero attached hydrogens (tertiary/aromatic N) is 1. The Bertz CT molecular complexity index is 1170. The first kappa shape index (κ1) is 24.5. The van der Waals surface area contributed by atoms with Gasteiger partial charge in [-0.05, 0) is 80.3 Å². The topological polar surface area (TPSA) is 89.0 Å². The standard InChI is InChI=1S/C27H29N3O4/c1-5-33-25-15-22(10-11-24(25)34-17-21-8-6-18(2)7-9-21)16-28-30-27(32)26(31)29-23-13-19(3)12-20(4)14-23/h6-16H,5,17H2,1-4H3,(H,29,31)(H,30,32). The smallest absolute Gasteiger partial charge is 0.329 e. The van der Waals surface area contributed by atoms with Crippen molar-refractivity contribution in [1.82, 2.24) is 5.43 Å². The minimum atomic E-state index is -0.863. The lowest BCUT2D eigenvalue weighted by Crippen LogP contribution is -2.32. The third-order valence-corrected chi connectivity index (χ3v) is 4.85. The van der Waals surface area contributed by atoms with Gasteiger partial charge in [0.15, 0.2) is 11.5 Å². The largest absolute Gasteiger partial charge is 0.490 e. The van der Waals surface area contributed by atoms with Crippen molar-refractivity contribution >= 4 is 23.7 Å². The number of hydrogen-bond acceptors (Lipinski definition) is 5. The van der Waals surface area contributed by atoms with Crippen molar-refractivity contribution in [2.75, 3.05) is 11.9 Å². The number of nitrogens with one attached hydrogen (secondary N) is 2. The summed E-state index contributed by atoms with van der Waals surface area (Å²) in [5, 5.41) is 6.46. The van der Waals surface area contributed by atoms with E-state index in [0.29, 0.717) is 36.0 Å². The van der Waals surface area contributed by atoms with Crippen LogP contribution in [0.4, 0.5) is 5.69 Å². The second-order valence-corrected chi connectivity index (χ2v) is 7.94. The van der Waals surface area contributed by atoms with Crippen LogP contribution in [0, 0.1) is 20.8 Å². The number of carbonyl (C=O) groups excluding carboxylic acids is 2. The maximum atomic E-state index is 12.1. The number of hydrogen-bond donors (Lipinski definition) is 2. The Morgan fingerprint density at radius 2 is 1.53 bits per heavy atom. The van der Waals surface area contributed by atoms with Crippen LogP contribution in [0.1, 0.15) is 34.7 Å². The third kappa shape index (κ3) is 7.20. The van der Waals surface area contributed by atoms with Crippen molar-refractivity contribution in [2.45, 2.75) is 34.3 Å². The van der Waals surface area contributed by atoms with Crippen molar-refractivity contribution in [3.63, 3.8) is 0 Å². The Morgan fingerprint density at radius 1 is 0.824 bits per heavy atom. The van der Waals surface area contributed by atoms with Crippen molar-refractivity contribution in [3.8, 4) is 11.5 Å². The minimum absolute atomic E-state index is 0.416. The fraction of sp³-hybridized carbons (Fsp3) is 0.222. The van der Waals surface area contributed by atoms with Crippen LogP contribution in [-0.4, -0.2) is 24.6 Å². The molecule has 3 aromatic rings. The van der Waals surface area contributed by atoms with Gasteiger partial charge in [-0.3, -0.25) is 9.59 Å². The Morgan fingerprint density at radius 3 is 2.21 bits per heavy atom. The van der Waals surface area contributed by atoms with Crippen molar-refractivity contribution in [1.29, 1.82) is 0 Å². The van der Waals surface area contributed by atoms with Gasteiger partial charge in [0.25, 0.3) is 0 Å². The van der Waals surface area contributed by atoms with E-state index in [2.05, 4.69) is 15.8 Å². The second-order valence-electron chi connectivity index (χ2n) is 7.94. The number of amides is 2. The molecule has 0 unspecified atom stereocenters. The third-order valence-electron chi connectivity index (χ3n) is 4.85. The molecule has 0 fully saturated rings. The van der Waals surface area contributed by atoms with E-state index in [1.165, 1.54) is 11.8 Å². The molecule has 0 radical (unpaired) electrons. The monoisotopic (exact) mass is 459 g/mol. The molecule has 0 aliphatic rings. The average molecular weight is 460 g/mol. The molecule has 176 valence electrons. The highest BCUT2D eigenvalue weighted by molar-refractivity contribution is 6.39. The van der Waals surface area contributed by atoms with Gasteiger partial charge in [0.2, 0.25) is 0 Å². The molecule has 0 atom stereocenters. The van der Waals surface area contributed by atoms with Gasteiger partial charge in [-0.1, -0.05) is 35.9 Å². The van der Waals surface area contributed by atoms with E-state index in [4.69, 9.17) is 9.47 Å². The zero-order chi connectivity index (χ0) is 24.5. The van der Waals surface area contributed by atoms with Crippen LogP contribution < -0.4 is 20.2 Å². The second kappa shape index (κ2) is 11.7. The number of carbonyl (C=O) groups is 2. The normalized spacial score (nSPS) is 10.7. The summed E-state index contributed by atoms with van der Waals surface area (Å²) in [6.45, 7) is 8.65. The van der Waals surface area contributed by atoms with Gasteiger partial charge in [0, 0.05) is 5.69 Å². The van der Waals surface area contributed by atoms with E-state index in [9.17, 15) is 9.59 Å². The molecule has 0 aliphatic heterocycles. The van der Waals surface area contributed by atoms with E-state index in [1.54, 1.807) is 30.3 Å². The van der Waals surface area contributed by atoms with Gasteiger partial charge in [-0.15, -0.1) is 0 Å². The van der Waals surface area contributed by atoms with Crippen LogP contribution in [-0.2, 0) is 16.2 Å². The number of rotatable bonds is 8. The first-order valence-corrected chi connectivity index (χ1v) is 11.0. The van der Waals surface area contributed by atoms with Gasteiger partial charge >= 0.3 is 11.8 Å². The number of anilines is 1. The summed E-state index contributed by atoms with van der Waals surface area (Å²) in [6, 6.07) is 19.0. The highest BCUT2D eigenvalue weighted by Gasteiger charge is 2.13. The zero-order valence-corrected chi connectivity index (χ0v) is 19.8. The lowest BCUT2D eigenvalue weighted by Gasteiger charge is -2.13. The fourth-order valence-electron chi connectivity index (χ4n) is 3.29. The van der Waals surface area contributed by atoms with Crippen molar-refractivity contribution < 1.29 is 19.1 Å². The molecule has 0 aromatic heterocycles. The summed E-state index contributed by atoms with van der Waals surface area (Å²) in [6.07, 6.45) is 1.44. The first-order chi connectivity index (χ1) is 16.3. The lowest BCUT2D eigenvalue weighted by molar-refractivity contribution is -0.136. The molecule has 0 heterocycles. The van der Waals surface area contributed by atoms with Crippen LogP contribution in [0.25, 0.3) is 0 Å². The number of ether oxygens (including phenoxy) is 2.